The molecule has 10 nitrogen and oxygen atoms in total. The maximum atomic E-state index is 12.5. The molecule has 0 aliphatic carbocycles. The molecule has 1 saturated heterocycles. The average Bonchev–Trinajstić information content (AvgIpc) is 2.69. The summed E-state index contributed by atoms with van der Waals surface area (Å²) in [6.07, 6.45) is 0.868. The fourth-order valence-corrected chi connectivity index (χ4v) is 3.14. The van der Waals surface area contributed by atoms with Crippen LogP contribution in [0, 0.1) is 0 Å². The quantitative estimate of drug-likeness (QED) is 0.371. The van der Waals surface area contributed by atoms with Gasteiger partial charge in [-0.05, 0) is 37.1 Å². The number of carbonyl (C=O) groups is 2. The van der Waals surface area contributed by atoms with Crippen molar-refractivity contribution in [1.29, 1.82) is 0 Å². The molecule has 2 aromatic rings. The maximum absolute atomic E-state index is 12.5. The molecule has 1 fully saturated rings. The molecule has 7 N–H and O–H groups in total. The number of hydrogen-bond acceptors (Lipinski definition) is 8. The number of piperidine rings is 1. The van der Waals surface area contributed by atoms with Gasteiger partial charge in [-0.25, -0.2) is 0 Å². The number of benzene rings is 2. The van der Waals surface area contributed by atoms with Crippen molar-refractivity contribution in [3.63, 3.8) is 0 Å². The van der Waals surface area contributed by atoms with Gasteiger partial charge in [0.15, 0.2) is 34.5 Å². The van der Waals surface area contributed by atoms with Gasteiger partial charge >= 0.3 is 0 Å². The first-order valence-electron chi connectivity index (χ1n) is 8.77. The van der Waals surface area contributed by atoms with Crippen molar-refractivity contribution >= 4 is 11.8 Å². The van der Waals surface area contributed by atoms with E-state index < -0.39 is 46.3 Å². The van der Waals surface area contributed by atoms with Crippen LogP contribution in [0.15, 0.2) is 24.3 Å². The minimum Gasteiger partial charge on any atom is -0.504 e. The summed E-state index contributed by atoms with van der Waals surface area (Å²) in [4.78, 5) is 26.3. The number of aromatic hydroxyl groups is 6. The molecule has 0 spiro atoms. The lowest BCUT2D eigenvalue weighted by Crippen LogP contribution is -2.46. The van der Waals surface area contributed by atoms with Crippen LogP contribution >= 0.6 is 0 Å². The topological polar surface area (TPSA) is 171 Å². The molecule has 1 aliphatic heterocycles. The van der Waals surface area contributed by atoms with Crippen LogP contribution in [-0.4, -0.2) is 66.5 Å². The third-order valence-corrected chi connectivity index (χ3v) is 4.77. The van der Waals surface area contributed by atoms with E-state index in [1.165, 1.54) is 4.90 Å². The lowest BCUT2D eigenvalue weighted by Gasteiger charge is -2.32. The highest BCUT2D eigenvalue weighted by Gasteiger charge is 2.26. The van der Waals surface area contributed by atoms with Gasteiger partial charge in [0.25, 0.3) is 11.8 Å². The number of phenols is 6. The van der Waals surface area contributed by atoms with E-state index in [1.54, 1.807) is 0 Å². The van der Waals surface area contributed by atoms with Gasteiger partial charge in [-0.15, -0.1) is 0 Å². The molecule has 0 aromatic heterocycles. The Hall–Kier alpha value is -3.82. The van der Waals surface area contributed by atoms with E-state index in [9.17, 15) is 40.2 Å². The summed E-state index contributed by atoms with van der Waals surface area (Å²) in [5.41, 5.74) is 0.00155. The van der Waals surface area contributed by atoms with Crippen LogP contribution in [0.3, 0.4) is 0 Å². The Morgan fingerprint density at radius 1 is 0.759 bits per heavy atom. The van der Waals surface area contributed by atoms with Crippen molar-refractivity contribution in [3.8, 4) is 34.5 Å². The van der Waals surface area contributed by atoms with Crippen LogP contribution in [0.1, 0.15) is 33.6 Å². The van der Waals surface area contributed by atoms with Crippen molar-refractivity contribution in [2.75, 3.05) is 13.1 Å². The molecule has 10 heteroatoms. The molecule has 1 aliphatic rings. The molecule has 3 rings (SSSR count). The second kappa shape index (κ2) is 7.66. The van der Waals surface area contributed by atoms with Crippen LogP contribution in [0.25, 0.3) is 0 Å². The first-order valence-corrected chi connectivity index (χ1v) is 8.77. The van der Waals surface area contributed by atoms with Gasteiger partial charge in [0, 0.05) is 30.3 Å². The number of hydrogen-bond donors (Lipinski definition) is 7. The zero-order chi connectivity index (χ0) is 21.3. The van der Waals surface area contributed by atoms with Crippen molar-refractivity contribution in [2.45, 2.75) is 18.9 Å². The zero-order valence-corrected chi connectivity index (χ0v) is 15.2. The van der Waals surface area contributed by atoms with Crippen molar-refractivity contribution in [3.05, 3.63) is 35.4 Å². The van der Waals surface area contributed by atoms with Crippen LogP contribution in [0.5, 0.6) is 34.5 Å². The molecule has 0 unspecified atom stereocenters. The molecular formula is C19H20N2O8. The van der Waals surface area contributed by atoms with Gasteiger partial charge in [0.2, 0.25) is 0 Å². The molecule has 2 aromatic carbocycles. The molecule has 29 heavy (non-hydrogen) atoms. The van der Waals surface area contributed by atoms with E-state index in [4.69, 9.17) is 0 Å². The summed E-state index contributed by atoms with van der Waals surface area (Å²) in [6.45, 7) is 0.608. The summed E-state index contributed by atoms with van der Waals surface area (Å²) in [6, 6.07) is 3.94. The number of phenolic OH excluding ortho intramolecular Hbond substituents is 6. The monoisotopic (exact) mass is 404 g/mol. The smallest absolute Gasteiger partial charge is 0.254 e. The molecular weight excluding hydrogens is 384 g/mol. The SMILES string of the molecule is O=C(NC1CCN(C(=O)c2cc(O)c(O)c(O)c2)CC1)c1cc(O)c(O)c(O)c1. The van der Waals surface area contributed by atoms with Gasteiger partial charge in [0.1, 0.15) is 0 Å². The molecule has 0 radical (unpaired) electrons. The first-order chi connectivity index (χ1) is 13.7. The minimum absolute atomic E-state index is 0.0219. The lowest BCUT2D eigenvalue weighted by molar-refractivity contribution is 0.0697. The minimum atomic E-state index is -0.709. The average molecular weight is 404 g/mol. The molecule has 2 amide bonds. The van der Waals surface area contributed by atoms with Crippen LogP contribution in [0.4, 0.5) is 0 Å². The van der Waals surface area contributed by atoms with Crippen molar-refractivity contribution in [2.24, 2.45) is 0 Å². The number of carbonyl (C=O) groups excluding carboxylic acids is 2. The number of nitrogens with one attached hydrogen (secondary N) is 1. The molecule has 0 saturated carbocycles. The van der Waals surface area contributed by atoms with E-state index in [2.05, 4.69) is 5.32 Å². The normalized spacial score (nSPS) is 14.6. The second-order valence-corrected chi connectivity index (χ2v) is 6.77. The number of nitrogens with zero attached hydrogens (tertiary/aromatic N) is 1. The summed E-state index contributed by atoms with van der Waals surface area (Å²) in [5, 5.41) is 59.6. The Labute approximate surface area is 164 Å². The molecule has 0 atom stereocenters. The Kier molecular flexibility index (Phi) is 5.26. The third-order valence-electron chi connectivity index (χ3n) is 4.77. The van der Waals surface area contributed by atoms with E-state index in [1.807, 2.05) is 0 Å². The number of likely N-dealkylation sites (tertiary alicyclic amines) is 1. The summed E-state index contributed by atoms with van der Waals surface area (Å²) >= 11 is 0. The van der Waals surface area contributed by atoms with Crippen LogP contribution in [0.2, 0.25) is 0 Å². The summed E-state index contributed by atoms with van der Waals surface area (Å²) in [5.74, 6) is -4.82. The predicted octanol–water partition coefficient (Wildman–Crippen LogP) is 0.955. The largest absolute Gasteiger partial charge is 0.504 e. The van der Waals surface area contributed by atoms with Crippen molar-refractivity contribution < 1.29 is 40.2 Å². The standard InChI is InChI=1S/C19H20N2O8/c22-12-5-9(6-13(23)16(12)26)18(28)20-11-1-3-21(4-2-11)19(29)10-7-14(24)17(27)15(25)8-10/h5-8,11,22-27H,1-4H2,(H,20,28). The maximum Gasteiger partial charge on any atom is 0.254 e. The Balaban J connectivity index is 1.60. The predicted molar refractivity (Wildman–Crippen MR) is 99.3 cm³/mol. The first kappa shape index (κ1) is 19.9. The highest BCUT2D eigenvalue weighted by molar-refractivity contribution is 5.96. The Morgan fingerprint density at radius 2 is 1.17 bits per heavy atom. The van der Waals surface area contributed by atoms with Crippen LogP contribution < -0.4 is 5.32 Å². The van der Waals surface area contributed by atoms with E-state index >= 15 is 0 Å². The van der Waals surface area contributed by atoms with Gasteiger partial charge in [0.05, 0.1) is 0 Å². The van der Waals surface area contributed by atoms with E-state index in [0.29, 0.717) is 25.9 Å². The Bertz CT molecular complexity index is 921. The number of amides is 2. The fraction of sp³-hybridized carbons (Fsp3) is 0.263. The number of rotatable bonds is 3. The molecule has 0 bridgehead atoms. The summed E-state index contributed by atoms with van der Waals surface area (Å²) in [7, 11) is 0. The summed E-state index contributed by atoms with van der Waals surface area (Å²) < 4.78 is 0. The fourth-order valence-electron chi connectivity index (χ4n) is 3.14. The lowest BCUT2D eigenvalue weighted by atomic mass is 10.0. The second-order valence-electron chi connectivity index (χ2n) is 6.77. The van der Waals surface area contributed by atoms with Gasteiger partial charge in [-0.2, -0.15) is 0 Å². The zero-order valence-electron chi connectivity index (χ0n) is 15.2. The van der Waals surface area contributed by atoms with Gasteiger partial charge in [-0.3, -0.25) is 9.59 Å². The third kappa shape index (κ3) is 4.05. The van der Waals surface area contributed by atoms with E-state index in [-0.39, 0.29) is 17.2 Å². The van der Waals surface area contributed by atoms with Gasteiger partial charge < -0.3 is 40.9 Å². The highest BCUT2D eigenvalue weighted by Crippen LogP contribution is 2.36. The molecule has 154 valence electrons. The van der Waals surface area contributed by atoms with E-state index in [0.717, 1.165) is 24.3 Å². The van der Waals surface area contributed by atoms with Gasteiger partial charge in [-0.1, -0.05) is 0 Å². The van der Waals surface area contributed by atoms with Crippen LogP contribution in [-0.2, 0) is 0 Å². The van der Waals surface area contributed by atoms with Crippen molar-refractivity contribution in [1.82, 2.24) is 10.2 Å². The molecule has 1 heterocycles. The highest BCUT2D eigenvalue weighted by atomic mass is 16.3. The Morgan fingerprint density at radius 3 is 1.62 bits per heavy atom.